The normalized spacial score (nSPS) is 41.4. The smallest absolute Gasteiger partial charge is 0.223 e. The first-order valence-corrected chi connectivity index (χ1v) is 7.22. The molecule has 4 nitrogen and oxygen atoms in total. The van der Waals surface area contributed by atoms with Gasteiger partial charge in [0.1, 0.15) is 0 Å². The molecular formula is C14H26N2O2. The van der Waals surface area contributed by atoms with Crippen LogP contribution in [-0.2, 0) is 9.53 Å². The Labute approximate surface area is 110 Å². The van der Waals surface area contributed by atoms with Gasteiger partial charge in [-0.3, -0.25) is 4.79 Å². The summed E-state index contributed by atoms with van der Waals surface area (Å²) in [7, 11) is 0. The lowest BCUT2D eigenvalue weighted by molar-refractivity contribution is -0.128. The van der Waals surface area contributed by atoms with Gasteiger partial charge in [0.15, 0.2) is 0 Å². The number of carbonyl (C=O) groups is 1. The Bertz CT molecular complexity index is 286. The fourth-order valence-corrected chi connectivity index (χ4v) is 3.32. The molecule has 0 radical (unpaired) electrons. The van der Waals surface area contributed by atoms with Crippen LogP contribution < -0.4 is 11.1 Å². The molecule has 0 aromatic heterocycles. The van der Waals surface area contributed by atoms with Gasteiger partial charge in [0.05, 0.1) is 6.10 Å². The van der Waals surface area contributed by atoms with Gasteiger partial charge in [0.25, 0.3) is 0 Å². The molecule has 0 bridgehead atoms. The molecule has 0 spiro atoms. The number of hydrogen-bond acceptors (Lipinski definition) is 3. The minimum absolute atomic E-state index is 0.113. The molecule has 1 aliphatic heterocycles. The van der Waals surface area contributed by atoms with Gasteiger partial charge in [0.2, 0.25) is 5.91 Å². The number of amides is 1. The summed E-state index contributed by atoms with van der Waals surface area (Å²) in [6.07, 6.45) is 5.01. The van der Waals surface area contributed by atoms with E-state index in [2.05, 4.69) is 19.2 Å². The second kappa shape index (κ2) is 6.02. The number of rotatable bonds is 2. The Kier molecular flexibility index (Phi) is 4.62. The maximum absolute atomic E-state index is 12.3. The SMILES string of the molecule is CC1CC(N)CC(C(=O)NC2CCOC(C)C2)C1. The lowest BCUT2D eigenvalue weighted by atomic mass is 9.79. The molecule has 5 atom stereocenters. The van der Waals surface area contributed by atoms with Crippen LogP contribution in [0, 0.1) is 11.8 Å². The third-order valence-electron chi connectivity index (χ3n) is 4.18. The van der Waals surface area contributed by atoms with Crippen LogP contribution in [0.25, 0.3) is 0 Å². The summed E-state index contributed by atoms with van der Waals surface area (Å²) in [6, 6.07) is 0.479. The summed E-state index contributed by atoms with van der Waals surface area (Å²) in [5.74, 6) is 0.885. The van der Waals surface area contributed by atoms with E-state index in [1.807, 2.05) is 0 Å². The predicted molar refractivity (Wildman–Crippen MR) is 71.1 cm³/mol. The molecule has 2 rings (SSSR count). The van der Waals surface area contributed by atoms with E-state index in [1.165, 1.54) is 0 Å². The highest BCUT2D eigenvalue weighted by Crippen LogP contribution is 2.28. The first kappa shape index (κ1) is 13.8. The molecule has 1 heterocycles. The molecular weight excluding hydrogens is 228 g/mol. The Morgan fingerprint density at radius 1 is 1.22 bits per heavy atom. The summed E-state index contributed by atoms with van der Waals surface area (Å²) in [5.41, 5.74) is 6.01. The third-order valence-corrected chi connectivity index (χ3v) is 4.18. The summed E-state index contributed by atoms with van der Waals surface area (Å²) in [5, 5.41) is 3.19. The van der Waals surface area contributed by atoms with Crippen LogP contribution in [0.4, 0.5) is 0 Å². The zero-order valence-corrected chi connectivity index (χ0v) is 11.5. The Hall–Kier alpha value is -0.610. The van der Waals surface area contributed by atoms with Crippen LogP contribution in [-0.4, -0.2) is 30.7 Å². The van der Waals surface area contributed by atoms with Gasteiger partial charge in [-0.05, 0) is 44.9 Å². The molecule has 104 valence electrons. The lowest BCUT2D eigenvalue weighted by Crippen LogP contribution is -2.46. The van der Waals surface area contributed by atoms with Crippen molar-refractivity contribution in [3.05, 3.63) is 0 Å². The van der Waals surface area contributed by atoms with E-state index in [-0.39, 0.29) is 30.0 Å². The van der Waals surface area contributed by atoms with Crippen LogP contribution in [0.2, 0.25) is 0 Å². The van der Waals surface area contributed by atoms with Crippen molar-refractivity contribution in [1.29, 1.82) is 0 Å². The van der Waals surface area contributed by atoms with Crippen molar-refractivity contribution >= 4 is 5.91 Å². The van der Waals surface area contributed by atoms with Crippen molar-refractivity contribution in [2.24, 2.45) is 17.6 Å². The first-order valence-electron chi connectivity index (χ1n) is 7.22. The van der Waals surface area contributed by atoms with Crippen molar-refractivity contribution in [3.63, 3.8) is 0 Å². The van der Waals surface area contributed by atoms with Crippen molar-refractivity contribution in [3.8, 4) is 0 Å². The van der Waals surface area contributed by atoms with Crippen LogP contribution in [0.3, 0.4) is 0 Å². The lowest BCUT2D eigenvalue weighted by Gasteiger charge is -2.33. The molecule has 4 heteroatoms. The maximum atomic E-state index is 12.3. The number of nitrogens with one attached hydrogen (secondary N) is 1. The molecule has 0 aromatic carbocycles. The number of nitrogens with two attached hydrogens (primary N) is 1. The van der Waals surface area contributed by atoms with Crippen LogP contribution in [0.1, 0.15) is 46.0 Å². The zero-order chi connectivity index (χ0) is 13.1. The highest BCUT2D eigenvalue weighted by Gasteiger charge is 2.31. The van der Waals surface area contributed by atoms with Crippen molar-refractivity contribution < 1.29 is 9.53 Å². The molecule has 1 aliphatic carbocycles. The van der Waals surface area contributed by atoms with E-state index >= 15 is 0 Å². The van der Waals surface area contributed by atoms with Gasteiger partial charge in [-0.2, -0.15) is 0 Å². The van der Waals surface area contributed by atoms with Crippen molar-refractivity contribution in [2.75, 3.05) is 6.61 Å². The molecule has 0 aromatic rings. The molecule has 3 N–H and O–H groups in total. The van der Waals surface area contributed by atoms with E-state index in [0.717, 1.165) is 38.7 Å². The monoisotopic (exact) mass is 254 g/mol. The second-order valence-electron chi connectivity index (χ2n) is 6.18. The first-order chi connectivity index (χ1) is 8.54. The predicted octanol–water partition coefficient (Wildman–Crippen LogP) is 1.43. The fraction of sp³-hybridized carbons (Fsp3) is 0.929. The Balaban J connectivity index is 1.83. The Morgan fingerprint density at radius 2 is 2.00 bits per heavy atom. The molecule has 2 fully saturated rings. The molecule has 1 saturated carbocycles. The molecule has 2 aliphatic rings. The third kappa shape index (κ3) is 3.69. The average Bonchev–Trinajstić information content (AvgIpc) is 2.27. The summed E-state index contributed by atoms with van der Waals surface area (Å²) < 4.78 is 5.50. The molecule has 18 heavy (non-hydrogen) atoms. The van der Waals surface area contributed by atoms with Crippen LogP contribution >= 0.6 is 0 Å². The number of ether oxygens (including phenoxy) is 1. The summed E-state index contributed by atoms with van der Waals surface area (Å²) in [6.45, 7) is 5.01. The van der Waals surface area contributed by atoms with Crippen molar-refractivity contribution in [1.82, 2.24) is 5.32 Å². The molecule has 1 amide bonds. The zero-order valence-electron chi connectivity index (χ0n) is 11.5. The standard InChI is InChI=1S/C14H26N2O2/c1-9-5-11(8-12(15)6-9)14(17)16-13-3-4-18-10(2)7-13/h9-13H,3-8,15H2,1-2H3,(H,16,17). The van der Waals surface area contributed by atoms with E-state index in [1.54, 1.807) is 0 Å². The minimum Gasteiger partial charge on any atom is -0.378 e. The average molecular weight is 254 g/mol. The minimum atomic E-state index is 0.113. The number of carbonyl (C=O) groups excluding carboxylic acids is 1. The van der Waals surface area contributed by atoms with Crippen molar-refractivity contribution in [2.45, 2.75) is 64.1 Å². The molecule has 1 saturated heterocycles. The van der Waals surface area contributed by atoms with Gasteiger partial charge in [-0.1, -0.05) is 6.92 Å². The maximum Gasteiger partial charge on any atom is 0.223 e. The van der Waals surface area contributed by atoms with Gasteiger partial charge < -0.3 is 15.8 Å². The summed E-state index contributed by atoms with van der Waals surface area (Å²) >= 11 is 0. The largest absolute Gasteiger partial charge is 0.378 e. The van der Waals surface area contributed by atoms with Gasteiger partial charge >= 0.3 is 0 Å². The fourth-order valence-electron chi connectivity index (χ4n) is 3.32. The van der Waals surface area contributed by atoms with E-state index < -0.39 is 0 Å². The van der Waals surface area contributed by atoms with Crippen LogP contribution in [0.5, 0.6) is 0 Å². The van der Waals surface area contributed by atoms with E-state index in [4.69, 9.17) is 10.5 Å². The second-order valence-corrected chi connectivity index (χ2v) is 6.18. The van der Waals surface area contributed by atoms with Gasteiger partial charge in [-0.15, -0.1) is 0 Å². The number of hydrogen-bond donors (Lipinski definition) is 2. The quantitative estimate of drug-likeness (QED) is 0.783. The van der Waals surface area contributed by atoms with Gasteiger partial charge in [0, 0.05) is 24.6 Å². The van der Waals surface area contributed by atoms with E-state index in [0.29, 0.717) is 5.92 Å². The Morgan fingerprint density at radius 3 is 2.67 bits per heavy atom. The van der Waals surface area contributed by atoms with E-state index in [9.17, 15) is 4.79 Å². The highest BCUT2D eigenvalue weighted by atomic mass is 16.5. The highest BCUT2D eigenvalue weighted by molar-refractivity contribution is 5.79. The summed E-state index contributed by atoms with van der Waals surface area (Å²) in [4.78, 5) is 12.3. The van der Waals surface area contributed by atoms with Gasteiger partial charge in [-0.25, -0.2) is 0 Å². The van der Waals surface area contributed by atoms with Crippen LogP contribution in [0.15, 0.2) is 0 Å². The topological polar surface area (TPSA) is 64.4 Å². The molecule has 5 unspecified atom stereocenters.